The summed E-state index contributed by atoms with van der Waals surface area (Å²) >= 11 is 7.26. The lowest BCUT2D eigenvalue weighted by atomic mass is 10.3. The molecular formula is C13H14ClN3OS. The summed E-state index contributed by atoms with van der Waals surface area (Å²) in [5.41, 5.74) is 1.92. The number of hydrogen-bond donors (Lipinski definition) is 2. The lowest BCUT2D eigenvalue weighted by molar-refractivity contribution is -0.113. The van der Waals surface area contributed by atoms with Gasteiger partial charge in [0, 0.05) is 21.2 Å². The Bertz CT molecular complexity index is 580. The van der Waals surface area contributed by atoms with Gasteiger partial charge in [-0.05, 0) is 38.1 Å². The number of halogens is 1. The summed E-state index contributed by atoms with van der Waals surface area (Å²) in [4.78, 5) is 12.8. The van der Waals surface area contributed by atoms with Crippen molar-refractivity contribution in [1.82, 2.24) is 10.2 Å². The van der Waals surface area contributed by atoms with E-state index in [9.17, 15) is 4.79 Å². The lowest BCUT2D eigenvalue weighted by Gasteiger charge is -2.03. The molecule has 2 aromatic rings. The molecule has 1 amide bonds. The van der Waals surface area contributed by atoms with Crippen molar-refractivity contribution in [3.8, 4) is 0 Å². The highest BCUT2D eigenvalue weighted by Gasteiger charge is 2.09. The molecule has 1 aromatic heterocycles. The van der Waals surface area contributed by atoms with Crippen LogP contribution in [-0.2, 0) is 4.79 Å². The zero-order valence-electron chi connectivity index (χ0n) is 10.7. The van der Waals surface area contributed by atoms with Crippen molar-refractivity contribution < 1.29 is 4.79 Å². The Morgan fingerprint density at radius 3 is 2.63 bits per heavy atom. The van der Waals surface area contributed by atoms with Gasteiger partial charge in [-0.2, -0.15) is 5.10 Å². The van der Waals surface area contributed by atoms with Crippen LogP contribution < -0.4 is 5.32 Å². The largest absolute Gasteiger partial charge is 0.308 e. The minimum Gasteiger partial charge on any atom is -0.308 e. The number of nitrogens with one attached hydrogen (secondary N) is 2. The van der Waals surface area contributed by atoms with Crippen molar-refractivity contribution >= 4 is 35.1 Å². The van der Waals surface area contributed by atoms with Gasteiger partial charge in [0.25, 0.3) is 0 Å². The van der Waals surface area contributed by atoms with E-state index in [1.165, 1.54) is 11.8 Å². The molecule has 100 valence electrons. The second-order valence-corrected chi connectivity index (χ2v) is 5.60. The fourth-order valence-corrected chi connectivity index (χ4v) is 2.28. The number of H-pyrrole nitrogens is 1. The van der Waals surface area contributed by atoms with E-state index in [4.69, 9.17) is 11.6 Å². The molecule has 1 aromatic carbocycles. The van der Waals surface area contributed by atoms with Crippen molar-refractivity contribution in [2.45, 2.75) is 18.7 Å². The molecule has 0 radical (unpaired) electrons. The van der Waals surface area contributed by atoms with Crippen LogP contribution in [0.15, 0.2) is 29.2 Å². The molecule has 4 nitrogen and oxygen atoms in total. The molecule has 0 spiro atoms. The highest BCUT2D eigenvalue weighted by molar-refractivity contribution is 8.00. The van der Waals surface area contributed by atoms with Crippen LogP contribution in [-0.4, -0.2) is 21.9 Å². The van der Waals surface area contributed by atoms with Gasteiger partial charge in [-0.3, -0.25) is 9.89 Å². The van der Waals surface area contributed by atoms with Gasteiger partial charge in [0.05, 0.1) is 5.75 Å². The first kappa shape index (κ1) is 14.0. The van der Waals surface area contributed by atoms with Crippen LogP contribution in [0, 0.1) is 13.8 Å². The van der Waals surface area contributed by atoms with Crippen LogP contribution in [0.1, 0.15) is 11.3 Å². The quantitative estimate of drug-likeness (QED) is 0.850. The van der Waals surface area contributed by atoms with Crippen molar-refractivity contribution in [1.29, 1.82) is 0 Å². The van der Waals surface area contributed by atoms with Gasteiger partial charge in [-0.1, -0.05) is 11.6 Å². The Balaban J connectivity index is 1.88. The number of aromatic nitrogens is 2. The van der Waals surface area contributed by atoms with Crippen molar-refractivity contribution in [2.24, 2.45) is 0 Å². The van der Waals surface area contributed by atoms with Crippen LogP contribution in [0.5, 0.6) is 0 Å². The molecule has 1 heterocycles. The molecule has 0 fully saturated rings. The molecule has 0 aliphatic heterocycles. The molecule has 2 N–H and O–H groups in total. The number of carbonyl (C=O) groups excluding carboxylic acids is 1. The number of thioether (sulfide) groups is 1. The van der Waals surface area contributed by atoms with Crippen LogP contribution >= 0.6 is 23.4 Å². The summed E-state index contributed by atoms with van der Waals surface area (Å²) in [7, 11) is 0. The van der Waals surface area contributed by atoms with Gasteiger partial charge in [0.15, 0.2) is 5.82 Å². The monoisotopic (exact) mass is 295 g/mol. The first-order chi connectivity index (χ1) is 9.06. The number of amides is 1. The van der Waals surface area contributed by atoms with Crippen LogP contribution in [0.2, 0.25) is 5.02 Å². The fraction of sp³-hybridized carbons (Fsp3) is 0.231. The van der Waals surface area contributed by atoms with Gasteiger partial charge in [0.1, 0.15) is 0 Å². The maximum atomic E-state index is 11.8. The third-order valence-electron chi connectivity index (χ3n) is 2.69. The number of nitrogens with zero attached hydrogens (tertiary/aromatic N) is 1. The first-order valence-corrected chi connectivity index (χ1v) is 7.12. The number of carbonyl (C=O) groups is 1. The number of hydrogen-bond acceptors (Lipinski definition) is 3. The van der Waals surface area contributed by atoms with Gasteiger partial charge in [0.2, 0.25) is 5.91 Å². The van der Waals surface area contributed by atoms with Gasteiger partial charge in [-0.15, -0.1) is 11.8 Å². The number of anilines is 1. The Morgan fingerprint density at radius 1 is 1.37 bits per heavy atom. The maximum absolute atomic E-state index is 11.8. The smallest absolute Gasteiger partial charge is 0.235 e. The van der Waals surface area contributed by atoms with E-state index < -0.39 is 0 Å². The number of aryl methyl sites for hydroxylation is 1. The maximum Gasteiger partial charge on any atom is 0.235 e. The van der Waals surface area contributed by atoms with Crippen molar-refractivity contribution in [3.63, 3.8) is 0 Å². The number of benzene rings is 1. The first-order valence-electron chi connectivity index (χ1n) is 5.76. The summed E-state index contributed by atoms with van der Waals surface area (Å²) < 4.78 is 0. The summed E-state index contributed by atoms with van der Waals surface area (Å²) in [6.07, 6.45) is 0. The third-order valence-corrected chi connectivity index (χ3v) is 3.96. The zero-order chi connectivity index (χ0) is 13.8. The van der Waals surface area contributed by atoms with E-state index in [0.29, 0.717) is 16.6 Å². The van der Waals surface area contributed by atoms with Crippen molar-refractivity contribution in [3.05, 3.63) is 40.5 Å². The normalized spacial score (nSPS) is 10.5. The summed E-state index contributed by atoms with van der Waals surface area (Å²) in [5.74, 6) is 0.862. The predicted molar refractivity (Wildman–Crippen MR) is 78.9 cm³/mol. The number of aromatic amines is 1. The molecule has 0 atom stereocenters. The molecule has 0 aliphatic rings. The second kappa shape index (κ2) is 6.12. The molecule has 19 heavy (non-hydrogen) atoms. The summed E-state index contributed by atoms with van der Waals surface area (Å²) in [6, 6.07) is 7.40. The molecule has 0 saturated heterocycles. The average molecular weight is 296 g/mol. The zero-order valence-corrected chi connectivity index (χ0v) is 12.2. The molecule has 6 heteroatoms. The molecule has 0 saturated carbocycles. The lowest BCUT2D eigenvalue weighted by Crippen LogP contribution is -2.15. The Kier molecular flexibility index (Phi) is 4.50. The molecule has 0 bridgehead atoms. The SMILES string of the molecule is Cc1[nH]nc(NC(=O)CSc2ccc(Cl)cc2)c1C. The Morgan fingerprint density at radius 2 is 2.05 bits per heavy atom. The van der Waals surface area contributed by atoms with E-state index in [0.717, 1.165) is 16.2 Å². The van der Waals surface area contributed by atoms with E-state index >= 15 is 0 Å². The number of rotatable bonds is 4. The van der Waals surface area contributed by atoms with Gasteiger partial charge >= 0.3 is 0 Å². The Labute approximate surface area is 120 Å². The van der Waals surface area contributed by atoms with Gasteiger partial charge in [-0.25, -0.2) is 0 Å². The fourth-order valence-electron chi connectivity index (χ4n) is 1.45. The highest BCUT2D eigenvalue weighted by atomic mass is 35.5. The predicted octanol–water partition coefficient (Wildman–Crippen LogP) is 3.41. The second-order valence-electron chi connectivity index (χ2n) is 4.11. The van der Waals surface area contributed by atoms with Crippen LogP contribution in [0.4, 0.5) is 5.82 Å². The third kappa shape index (κ3) is 3.75. The van der Waals surface area contributed by atoms with Crippen LogP contribution in [0.25, 0.3) is 0 Å². The minimum atomic E-state index is -0.0745. The van der Waals surface area contributed by atoms with E-state index in [1.54, 1.807) is 0 Å². The molecule has 2 rings (SSSR count). The van der Waals surface area contributed by atoms with E-state index in [-0.39, 0.29) is 5.91 Å². The van der Waals surface area contributed by atoms with Crippen LogP contribution in [0.3, 0.4) is 0 Å². The van der Waals surface area contributed by atoms with Crippen molar-refractivity contribution in [2.75, 3.05) is 11.1 Å². The molecule has 0 unspecified atom stereocenters. The van der Waals surface area contributed by atoms with E-state index in [1.807, 2.05) is 38.1 Å². The minimum absolute atomic E-state index is 0.0745. The standard InChI is InChI=1S/C13H14ClN3OS/c1-8-9(2)16-17-13(8)15-12(18)7-19-11-5-3-10(14)4-6-11/h3-6H,7H2,1-2H3,(H2,15,16,17,18). The highest BCUT2D eigenvalue weighted by Crippen LogP contribution is 2.21. The summed E-state index contributed by atoms with van der Waals surface area (Å²) in [6.45, 7) is 3.83. The average Bonchev–Trinajstić information content (AvgIpc) is 2.70. The van der Waals surface area contributed by atoms with E-state index in [2.05, 4.69) is 15.5 Å². The van der Waals surface area contributed by atoms with Gasteiger partial charge < -0.3 is 5.32 Å². The Hall–Kier alpha value is -1.46. The molecular weight excluding hydrogens is 282 g/mol. The molecule has 0 aliphatic carbocycles. The topological polar surface area (TPSA) is 57.8 Å². The summed E-state index contributed by atoms with van der Waals surface area (Å²) in [5, 5.41) is 10.3.